The van der Waals surface area contributed by atoms with Crippen LogP contribution in [0.2, 0.25) is 0 Å². The second kappa shape index (κ2) is 9.32. The first-order chi connectivity index (χ1) is 13.6. The minimum Gasteiger partial charge on any atom is -0.463 e. The summed E-state index contributed by atoms with van der Waals surface area (Å²) in [5.41, 5.74) is 1.95. The standard InChI is InChI=1S/C20H20ClFN4O2/c1-2-28-20-24-19(14-5-3-6-15(22)13-14)26(25-20)17-10-8-16(9-11-17)23-18(27)7-4-12-21/h3,5-6,8-11,13H,2,4,7,12H2,1H3,(H,23,27). The van der Waals surface area contributed by atoms with Crippen LogP contribution in [-0.4, -0.2) is 33.2 Å². The number of benzene rings is 2. The highest BCUT2D eigenvalue weighted by atomic mass is 35.5. The van der Waals surface area contributed by atoms with Gasteiger partial charge in [0.25, 0.3) is 0 Å². The van der Waals surface area contributed by atoms with E-state index in [-0.39, 0.29) is 17.7 Å². The van der Waals surface area contributed by atoms with E-state index in [1.54, 1.807) is 41.1 Å². The Labute approximate surface area is 167 Å². The zero-order chi connectivity index (χ0) is 19.9. The van der Waals surface area contributed by atoms with Crippen molar-refractivity contribution in [3.63, 3.8) is 0 Å². The first-order valence-corrected chi connectivity index (χ1v) is 9.46. The predicted molar refractivity (Wildman–Crippen MR) is 107 cm³/mol. The summed E-state index contributed by atoms with van der Waals surface area (Å²) in [6.45, 7) is 2.25. The number of halogens is 2. The Morgan fingerprint density at radius 1 is 1.25 bits per heavy atom. The molecule has 0 aliphatic rings. The van der Waals surface area contributed by atoms with Gasteiger partial charge in [-0.15, -0.1) is 16.7 Å². The molecule has 3 rings (SSSR count). The van der Waals surface area contributed by atoms with Gasteiger partial charge in [0.1, 0.15) is 5.82 Å². The Bertz CT molecular complexity index is 944. The number of ether oxygens (including phenoxy) is 1. The molecule has 0 aliphatic carbocycles. The Hall–Kier alpha value is -2.93. The van der Waals surface area contributed by atoms with Crippen molar-refractivity contribution in [2.75, 3.05) is 17.8 Å². The third-order valence-electron chi connectivity index (χ3n) is 3.88. The molecule has 3 aromatic rings. The zero-order valence-electron chi connectivity index (χ0n) is 15.4. The molecule has 0 saturated heterocycles. The van der Waals surface area contributed by atoms with Crippen molar-refractivity contribution in [3.05, 3.63) is 54.3 Å². The number of carbonyl (C=O) groups is 1. The fourth-order valence-electron chi connectivity index (χ4n) is 2.61. The van der Waals surface area contributed by atoms with Crippen LogP contribution in [0.5, 0.6) is 6.01 Å². The molecule has 1 aromatic heterocycles. The van der Waals surface area contributed by atoms with Crippen molar-refractivity contribution in [2.24, 2.45) is 0 Å². The monoisotopic (exact) mass is 402 g/mol. The van der Waals surface area contributed by atoms with E-state index in [9.17, 15) is 9.18 Å². The lowest BCUT2D eigenvalue weighted by molar-refractivity contribution is -0.116. The molecule has 146 valence electrons. The van der Waals surface area contributed by atoms with Gasteiger partial charge in [-0.25, -0.2) is 9.07 Å². The van der Waals surface area contributed by atoms with Crippen LogP contribution in [0.3, 0.4) is 0 Å². The number of hydrogen-bond donors (Lipinski definition) is 1. The van der Waals surface area contributed by atoms with Crippen molar-refractivity contribution < 1.29 is 13.9 Å². The summed E-state index contributed by atoms with van der Waals surface area (Å²) in [5.74, 6) is 0.457. The molecule has 0 atom stereocenters. The molecule has 1 N–H and O–H groups in total. The van der Waals surface area contributed by atoms with Crippen LogP contribution in [0.15, 0.2) is 48.5 Å². The lowest BCUT2D eigenvalue weighted by Crippen LogP contribution is -2.11. The highest BCUT2D eigenvalue weighted by Gasteiger charge is 2.15. The smallest absolute Gasteiger partial charge is 0.336 e. The number of carbonyl (C=O) groups excluding carboxylic acids is 1. The van der Waals surface area contributed by atoms with Crippen molar-refractivity contribution in [1.29, 1.82) is 0 Å². The summed E-state index contributed by atoms with van der Waals surface area (Å²) < 4.78 is 20.7. The third-order valence-corrected chi connectivity index (χ3v) is 4.14. The largest absolute Gasteiger partial charge is 0.463 e. The molecule has 2 aromatic carbocycles. The molecular weight excluding hydrogens is 383 g/mol. The van der Waals surface area contributed by atoms with E-state index >= 15 is 0 Å². The highest BCUT2D eigenvalue weighted by molar-refractivity contribution is 6.18. The predicted octanol–water partition coefficient (Wildman–Crippen LogP) is 4.43. The lowest BCUT2D eigenvalue weighted by Gasteiger charge is -2.08. The SMILES string of the molecule is CCOc1nc(-c2cccc(F)c2)n(-c2ccc(NC(=O)CCCCl)cc2)n1. The number of nitrogens with zero attached hydrogens (tertiary/aromatic N) is 3. The quantitative estimate of drug-likeness (QED) is 0.566. The summed E-state index contributed by atoms with van der Waals surface area (Å²) in [6, 6.07) is 13.5. The minimum atomic E-state index is -0.361. The maximum absolute atomic E-state index is 13.7. The molecule has 28 heavy (non-hydrogen) atoms. The number of alkyl halides is 1. The molecule has 6 nitrogen and oxygen atoms in total. The van der Waals surface area contributed by atoms with Gasteiger partial charge < -0.3 is 10.1 Å². The Balaban J connectivity index is 1.89. The van der Waals surface area contributed by atoms with Crippen molar-refractivity contribution >= 4 is 23.2 Å². The lowest BCUT2D eigenvalue weighted by atomic mass is 10.2. The van der Waals surface area contributed by atoms with Gasteiger partial charge in [-0.1, -0.05) is 12.1 Å². The molecule has 1 amide bonds. The van der Waals surface area contributed by atoms with Gasteiger partial charge in [0, 0.05) is 23.6 Å². The number of amides is 1. The Morgan fingerprint density at radius 2 is 2.04 bits per heavy atom. The number of hydrogen-bond acceptors (Lipinski definition) is 4. The van der Waals surface area contributed by atoms with E-state index in [1.165, 1.54) is 12.1 Å². The van der Waals surface area contributed by atoms with Gasteiger partial charge in [0.05, 0.1) is 12.3 Å². The van der Waals surface area contributed by atoms with E-state index in [1.807, 2.05) is 6.92 Å². The van der Waals surface area contributed by atoms with E-state index < -0.39 is 0 Å². The molecule has 0 radical (unpaired) electrons. The average molecular weight is 403 g/mol. The minimum absolute atomic E-state index is 0.0896. The fourth-order valence-corrected chi connectivity index (χ4v) is 2.75. The van der Waals surface area contributed by atoms with Crippen LogP contribution in [0, 0.1) is 5.82 Å². The topological polar surface area (TPSA) is 69.0 Å². The summed E-state index contributed by atoms with van der Waals surface area (Å²) in [7, 11) is 0. The molecule has 0 saturated carbocycles. The van der Waals surface area contributed by atoms with Crippen LogP contribution >= 0.6 is 11.6 Å². The molecule has 0 unspecified atom stereocenters. The summed E-state index contributed by atoms with van der Waals surface area (Å²) >= 11 is 5.61. The Kier molecular flexibility index (Phi) is 6.60. The van der Waals surface area contributed by atoms with E-state index in [0.717, 1.165) is 0 Å². The number of anilines is 1. The van der Waals surface area contributed by atoms with Crippen molar-refractivity contribution in [2.45, 2.75) is 19.8 Å². The number of rotatable bonds is 8. The second-order valence-electron chi connectivity index (χ2n) is 5.96. The molecule has 0 spiro atoms. The van der Waals surface area contributed by atoms with Crippen LogP contribution in [0.4, 0.5) is 10.1 Å². The van der Waals surface area contributed by atoms with Gasteiger partial charge in [0.2, 0.25) is 5.91 Å². The summed E-state index contributed by atoms with van der Waals surface area (Å²) in [6.07, 6.45) is 0.997. The second-order valence-corrected chi connectivity index (χ2v) is 6.34. The van der Waals surface area contributed by atoms with Crippen molar-refractivity contribution in [3.8, 4) is 23.1 Å². The van der Waals surface area contributed by atoms with Gasteiger partial charge >= 0.3 is 6.01 Å². The first-order valence-electron chi connectivity index (χ1n) is 8.92. The zero-order valence-corrected chi connectivity index (χ0v) is 16.1. The van der Waals surface area contributed by atoms with Gasteiger partial charge in [-0.3, -0.25) is 4.79 Å². The van der Waals surface area contributed by atoms with Gasteiger partial charge in [-0.2, -0.15) is 4.98 Å². The number of aromatic nitrogens is 3. The van der Waals surface area contributed by atoms with Crippen LogP contribution < -0.4 is 10.1 Å². The first kappa shape index (κ1) is 19.8. The van der Waals surface area contributed by atoms with Gasteiger partial charge in [-0.05, 0) is 49.7 Å². The van der Waals surface area contributed by atoms with Crippen molar-refractivity contribution in [1.82, 2.24) is 14.8 Å². The van der Waals surface area contributed by atoms with Crippen LogP contribution in [-0.2, 0) is 4.79 Å². The van der Waals surface area contributed by atoms with Crippen LogP contribution in [0.25, 0.3) is 17.1 Å². The summed E-state index contributed by atoms with van der Waals surface area (Å²) in [5, 5.41) is 7.18. The average Bonchev–Trinajstić information content (AvgIpc) is 3.11. The number of nitrogens with one attached hydrogen (secondary N) is 1. The van der Waals surface area contributed by atoms with E-state index in [4.69, 9.17) is 16.3 Å². The molecular formula is C20H20ClFN4O2. The maximum atomic E-state index is 13.7. The Morgan fingerprint density at radius 3 is 2.71 bits per heavy atom. The molecule has 8 heteroatoms. The summed E-state index contributed by atoms with van der Waals surface area (Å²) in [4.78, 5) is 16.2. The third kappa shape index (κ3) is 4.86. The fraction of sp³-hybridized carbons (Fsp3) is 0.250. The molecule has 0 bridgehead atoms. The van der Waals surface area contributed by atoms with E-state index in [2.05, 4.69) is 15.4 Å². The highest BCUT2D eigenvalue weighted by Crippen LogP contribution is 2.25. The molecule has 0 aliphatic heterocycles. The maximum Gasteiger partial charge on any atom is 0.336 e. The normalized spacial score (nSPS) is 10.7. The molecule has 1 heterocycles. The van der Waals surface area contributed by atoms with Crippen LogP contribution in [0.1, 0.15) is 19.8 Å². The molecule has 0 fully saturated rings. The van der Waals surface area contributed by atoms with Gasteiger partial charge in [0.15, 0.2) is 5.82 Å². The van der Waals surface area contributed by atoms with E-state index in [0.29, 0.717) is 48.1 Å².